The Bertz CT molecular complexity index is 329. The zero-order valence-corrected chi connectivity index (χ0v) is 9.33. The molecule has 1 atom stereocenters. The van der Waals surface area contributed by atoms with E-state index in [0.29, 0.717) is 0 Å². The van der Waals surface area contributed by atoms with Crippen LogP contribution in [0.3, 0.4) is 0 Å². The minimum absolute atomic E-state index is 0.0135. The first-order valence-electron chi connectivity index (χ1n) is 4.85. The Morgan fingerprint density at radius 3 is 2.21 bits per heavy atom. The molecular weight excluding hydrogens is 172 g/mol. The first kappa shape index (κ1) is 10.9. The number of rotatable bonds is 2. The molecule has 1 rings (SSSR count). The van der Waals surface area contributed by atoms with Gasteiger partial charge in [0.2, 0.25) is 0 Å². The maximum atomic E-state index is 6.03. The molecule has 0 amide bonds. The van der Waals surface area contributed by atoms with Crippen molar-refractivity contribution in [2.45, 2.75) is 33.7 Å². The van der Waals surface area contributed by atoms with Gasteiger partial charge in [-0.1, -0.05) is 11.6 Å². The second-order valence-electron chi connectivity index (χ2n) is 3.95. The molecule has 0 saturated heterocycles. The molecule has 0 radical (unpaired) electrons. The second kappa shape index (κ2) is 4.38. The van der Waals surface area contributed by atoms with E-state index in [-0.39, 0.29) is 6.04 Å². The van der Waals surface area contributed by atoms with Gasteiger partial charge < -0.3 is 5.73 Å². The average molecular weight is 190 g/mol. The molecule has 76 valence electrons. The van der Waals surface area contributed by atoms with Crippen molar-refractivity contribution in [3.05, 3.63) is 40.7 Å². The topological polar surface area (TPSA) is 38.9 Å². The minimum atomic E-state index is -0.0135. The summed E-state index contributed by atoms with van der Waals surface area (Å²) in [7, 11) is 0. The van der Waals surface area contributed by atoms with Crippen LogP contribution >= 0.6 is 0 Å². The zero-order valence-electron chi connectivity index (χ0n) is 9.33. The predicted octanol–water partition coefficient (Wildman–Crippen LogP) is 2.66. The highest BCUT2D eigenvalue weighted by molar-refractivity contribution is 5.27. The normalized spacial score (nSPS) is 12.4. The van der Waals surface area contributed by atoms with Crippen molar-refractivity contribution in [1.29, 1.82) is 0 Å². The molecule has 0 aliphatic rings. The molecule has 1 unspecified atom stereocenters. The smallest absolute Gasteiger partial charge is 0.0484 e. The lowest BCUT2D eigenvalue weighted by Crippen LogP contribution is -2.08. The third kappa shape index (κ3) is 2.96. The van der Waals surface area contributed by atoms with E-state index >= 15 is 0 Å². The monoisotopic (exact) mass is 190 g/mol. The first-order chi connectivity index (χ1) is 6.49. The summed E-state index contributed by atoms with van der Waals surface area (Å²) in [6.07, 6.45) is 2.06. The fourth-order valence-electron chi connectivity index (χ4n) is 1.51. The zero-order chi connectivity index (χ0) is 10.7. The average Bonchev–Trinajstić information content (AvgIpc) is 2.00. The van der Waals surface area contributed by atoms with Gasteiger partial charge in [0.15, 0.2) is 0 Å². The molecule has 14 heavy (non-hydrogen) atoms. The van der Waals surface area contributed by atoms with Crippen molar-refractivity contribution in [2.75, 3.05) is 0 Å². The second-order valence-corrected chi connectivity index (χ2v) is 3.95. The van der Waals surface area contributed by atoms with Crippen LogP contribution in [0.1, 0.15) is 36.8 Å². The maximum absolute atomic E-state index is 6.03. The summed E-state index contributed by atoms with van der Waals surface area (Å²) < 4.78 is 0. The molecule has 0 aromatic carbocycles. The molecule has 1 aromatic heterocycles. The molecule has 0 bridgehead atoms. The standard InChI is InChI=1S/C12H18N2/c1-8(2)5-12(13)11-6-9(3)14-10(4)7-11/h5-7,12H,13H2,1-4H3. The highest BCUT2D eigenvalue weighted by atomic mass is 14.7. The van der Waals surface area contributed by atoms with Gasteiger partial charge in [-0.05, 0) is 45.4 Å². The van der Waals surface area contributed by atoms with Crippen molar-refractivity contribution in [1.82, 2.24) is 4.98 Å². The van der Waals surface area contributed by atoms with Gasteiger partial charge in [0, 0.05) is 17.4 Å². The molecule has 2 N–H and O–H groups in total. The van der Waals surface area contributed by atoms with Crippen LogP contribution in [0.25, 0.3) is 0 Å². The Labute approximate surface area is 85.9 Å². The summed E-state index contributed by atoms with van der Waals surface area (Å²) in [5, 5.41) is 0. The summed E-state index contributed by atoms with van der Waals surface area (Å²) >= 11 is 0. The van der Waals surface area contributed by atoms with E-state index in [1.54, 1.807) is 0 Å². The van der Waals surface area contributed by atoms with Crippen LogP contribution in [0.4, 0.5) is 0 Å². The van der Waals surface area contributed by atoms with Gasteiger partial charge in [0.25, 0.3) is 0 Å². The molecule has 0 fully saturated rings. The van der Waals surface area contributed by atoms with E-state index in [9.17, 15) is 0 Å². The van der Waals surface area contributed by atoms with Gasteiger partial charge in [-0.15, -0.1) is 0 Å². The SMILES string of the molecule is CC(C)=CC(N)c1cc(C)nc(C)c1. The first-order valence-corrected chi connectivity index (χ1v) is 4.85. The van der Waals surface area contributed by atoms with E-state index in [0.717, 1.165) is 17.0 Å². The van der Waals surface area contributed by atoms with Crippen LogP contribution < -0.4 is 5.73 Å². The molecule has 0 aliphatic heterocycles. The lowest BCUT2D eigenvalue weighted by molar-refractivity contribution is 0.885. The summed E-state index contributed by atoms with van der Waals surface area (Å²) in [5.74, 6) is 0. The largest absolute Gasteiger partial charge is 0.321 e. The molecule has 1 heterocycles. The molecule has 0 spiro atoms. The number of aryl methyl sites for hydroxylation is 2. The van der Waals surface area contributed by atoms with Crippen LogP contribution in [-0.4, -0.2) is 4.98 Å². The summed E-state index contributed by atoms with van der Waals surface area (Å²) in [5.41, 5.74) is 10.5. The van der Waals surface area contributed by atoms with Crippen molar-refractivity contribution in [2.24, 2.45) is 5.73 Å². The van der Waals surface area contributed by atoms with E-state index in [2.05, 4.69) is 24.9 Å². The lowest BCUT2D eigenvalue weighted by Gasteiger charge is -2.09. The van der Waals surface area contributed by atoms with Crippen molar-refractivity contribution in [3.8, 4) is 0 Å². The highest BCUT2D eigenvalue weighted by Crippen LogP contribution is 2.15. The molecular formula is C12H18N2. The fourth-order valence-corrected chi connectivity index (χ4v) is 1.51. The summed E-state index contributed by atoms with van der Waals surface area (Å²) in [4.78, 5) is 4.32. The van der Waals surface area contributed by atoms with Crippen molar-refractivity contribution < 1.29 is 0 Å². The summed E-state index contributed by atoms with van der Waals surface area (Å²) in [6, 6.07) is 4.06. The molecule has 1 aromatic rings. The Morgan fingerprint density at radius 1 is 1.29 bits per heavy atom. The maximum Gasteiger partial charge on any atom is 0.0484 e. The lowest BCUT2D eigenvalue weighted by atomic mass is 10.0. The fraction of sp³-hybridized carbons (Fsp3) is 0.417. The van der Waals surface area contributed by atoms with Gasteiger partial charge in [-0.3, -0.25) is 4.98 Å². The van der Waals surface area contributed by atoms with Crippen LogP contribution in [0.5, 0.6) is 0 Å². The van der Waals surface area contributed by atoms with E-state index < -0.39 is 0 Å². The van der Waals surface area contributed by atoms with E-state index in [4.69, 9.17) is 5.73 Å². The van der Waals surface area contributed by atoms with Gasteiger partial charge in [0.1, 0.15) is 0 Å². The van der Waals surface area contributed by atoms with Gasteiger partial charge >= 0.3 is 0 Å². The Balaban J connectivity index is 3.01. The van der Waals surface area contributed by atoms with Crippen LogP contribution in [0.2, 0.25) is 0 Å². The number of nitrogens with two attached hydrogens (primary N) is 1. The van der Waals surface area contributed by atoms with Crippen molar-refractivity contribution in [3.63, 3.8) is 0 Å². The Morgan fingerprint density at radius 2 is 1.79 bits per heavy atom. The Kier molecular flexibility index (Phi) is 3.42. The molecule has 0 saturated carbocycles. The number of aromatic nitrogens is 1. The van der Waals surface area contributed by atoms with Gasteiger partial charge in [-0.25, -0.2) is 0 Å². The number of allylic oxidation sites excluding steroid dienone is 1. The summed E-state index contributed by atoms with van der Waals surface area (Å²) in [6.45, 7) is 8.10. The van der Waals surface area contributed by atoms with Gasteiger partial charge in [0.05, 0.1) is 0 Å². The van der Waals surface area contributed by atoms with Gasteiger partial charge in [-0.2, -0.15) is 0 Å². The highest BCUT2D eigenvalue weighted by Gasteiger charge is 2.04. The van der Waals surface area contributed by atoms with Crippen LogP contribution in [0.15, 0.2) is 23.8 Å². The van der Waals surface area contributed by atoms with E-state index in [1.807, 2.05) is 26.0 Å². The molecule has 2 nitrogen and oxygen atoms in total. The number of hydrogen-bond acceptors (Lipinski definition) is 2. The minimum Gasteiger partial charge on any atom is -0.321 e. The predicted molar refractivity (Wildman–Crippen MR) is 60.1 cm³/mol. The number of hydrogen-bond donors (Lipinski definition) is 1. The third-order valence-corrected chi connectivity index (χ3v) is 2.00. The Hall–Kier alpha value is -1.15. The third-order valence-electron chi connectivity index (χ3n) is 2.00. The van der Waals surface area contributed by atoms with Crippen molar-refractivity contribution >= 4 is 0 Å². The van der Waals surface area contributed by atoms with E-state index in [1.165, 1.54) is 5.57 Å². The molecule has 0 aliphatic carbocycles. The van der Waals surface area contributed by atoms with Crippen LogP contribution in [0, 0.1) is 13.8 Å². The van der Waals surface area contributed by atoms with Crippen LogP contribution in [-0.2, 0) is 0 Å². The molecule has 2 heteroatoms. The quantitative estimate of drug-likeness (QED) is 0.728. The number of nitrogens with zero attached hydrogens (tertiary/aromatic N) is 1. The number of pyridine rings is 1.